The lowest BCUT2D eigenvalue weighted by Crippen LogP contribution is -2.02. The third kappa shape index (κ3) is 2.94. The lowest BCUT2D eigenvalue weighted by Gasteiger charge is -2.08. The average Bonchev–Trinajstić information content (AvgIpc) is 2.98. The van der Waals surface area contributed by atoms with Crippen LogP contribution in [0.15, 0.2) is 48.5 Å². The molecule has 2 aromatic carbocycles. The highest BCUT2D eigenvalue weighted by Gasteiger charge is 2.09. The Balaban J connectivity index is 1.77. The van der Waals surface area contributed by atoms with E-state index in [1.807, 2.05) is 30.3 Å². The molecule has 0 aliphatic heterocycles. The number of benzene rings is 2. The van der Waals surface area contributed by atoms with Crippen molar-refractivity contribution in [2.24, 2.45) is 0 Å². The second-order valence-corrected chi connectivity index (χ2v) is 5.14. The summed E-state index contributed by atoms with van der Waals surface area (Å²) in [6.45, 7) is 4.87. The Labute approximate surface area is 124 Å². The third-order valence-corrected chi connectivity index (χ3v) is 3.63. The maximum Gasteiger partial charge on any atom is 0.117 e. The van der Waals surface area contributed by atoms with Crippen molar-refractivity contribution in [3.63, 3.8) is 0 Å². The van der Waals surface area contributed by atoms with E-state index < -0.39 is 0 Å². The molecule has 1 heterocycles. The molecule has 0 saturated carbocycles. The number of hydrogen-bond donors (Lipinski definition) is 2. The Bertz CT molecular complexity index is 732. The minimum Gasteiger partial charge on any atom is -0.379 e. The van der Waals surface area contributed by atoms with Crippen LogP contribution in [0, 0.1) is 13.8 Å². The summed E-state index contributed by atoms with van der Waals surface area (Å²) < 4.78 is 0. The van der Waals surface area contributed by atoms with Crippen LogP contribution in [0.4, 0.5) is 5.69 Å². The molecule has 0 fully saturated rings. The fourth-order valence-corrected chi connectivity index (χ4v) is 2.24. The number of aromatic nitrogens is 3. The van der Waals surface area contributed by atoms with E-state index in [4.69, 9.17) is 0 Å². The molecule has 21 heavy (non-hydrogen) atoms. The van der Waals surface area contributed by atoms with Crippen molar-refractivity contribution in [2.45, 2.75) is 20.4 Å². The summed E-state index contributed by atoms with van der Waals surface area (Å²) in [5, 5.41) is 14.6. The highest BCUT2D eigenvalue weighted by atomic mass is 15.3. The van der Waals surface area contributed by atoms with Crippen molar-refractivity contribution in [1.29, 1.82) is 0 Å². The van der Waals surface area contributed by atoms with E-state index in [2.05, 4.69) is 52.8 Å². The predicted molar refractivity (Wildman–Crippen MR) is 85.1 cm³/mol. The fourth-order valence-electron chi connectivity index (χ4n) is 2.24. The first-order valence-electron chi connectivity index (χ1n) is 7.00. The summed E-state index contributed by atoms with van der Waals surface area (Å²) in [6.07, 6.45) is 0. The summed E-state index contributed by atoms with van der Waals surface area (Å²) in [7, 11) is 0. The zero-order chi connectivity index (χ0) is 14.7. The van der Waals surface area contributed by atoms with Gasteiger partial charge in [0.25, 0.3) is 0 Å². The smallest absolute Gasteiger partial charge is 0.117 e. The number of nitrogens with zero attached hydrogens (tertiary/aromatic N) is 2. The van der Waals surface area contributed by atoms with Gasteiger partial charge >= 0.3 is 0 Å². The quantitative estimate of drug-likeness (QED) is 0.765. The Kier molecular flexibility index (Phi) is 3.69. The molecule has 0 radical (unpaired) electrons. The van der Waals surface area contributed by atoms with E-state index in [0.29, 0.717) is 6.54 Å². The maximum absolute atomic E-state index is 4.25. The van der Waals surface area contributed by atoms with E-state index in [1.54, 1.807) is 0 Å². The van der Waals surface area contributed by atoms with Crippen molar-refractivity contribution in [1.82, 2.24) is 15.4 Å². The number of hydrogen-bond acceptors (Lipinski definition) is 3. The van der Waals surface area contributed by atoms with E-state index in [0.717, 1.165) is 22.6 Å². The van der Waals surface area contributed by atoms with Crippen molar-refractivity contribution < 1.29 is 0 Å². The van der Waals surface area contributed by atoms with Crippen LogP contribution < -0.4 is 5.32 Å². The van der Waals surface area contributed by atoms with Gasteiger partial charge in [-0.25, -0.2) is 0 Å². The normalized spacial score (nSPS) is 10.6. The molecule has 3 aromatic rings. The van der Waals surface area contributed by atoms with Gasteiger partial charge in [-0.15, -0.1) is 0 Å². The van der Waals surface area contributed by atoms with E-state index in [1.165, 1.54) is 11.1 Å². The van der Waals surface area contributed by atoms with Crippen LogP contribution in [0.5, 0.6) is 0 Å². The molecule has 0 aliphatic carbocycles. The monoisotopic (exact) mass is 278 g/mol. The van der Waals surface area contributed by atoms with Gasteiger partial charge in [-0.2, -0.15) is 15.4 Å². The van der Waals surface area contributed by atoms with Crippen LogP contribution in [0.2, 0.25) is 0 Å². The Morgan fingerprint density at radius 2 is 1.76 bits per heavy atom. The van der Waals surface area contributed by atoms with Gasteiger partial charge in [0.05, 0.1) is 6.54 Å². The van der Waals surface area contributed by atoms with Gasteiger partial charge in [0, 0.05) is 11.3 Å². The average molecular weight is 278 g/mol. The molecule has 4 nitrogen and oxygen atoms in total. The van der Waals surface area contributed by atoms with Crippen molar-refractivity contribution >= 4 is 5.69 Å². The standard InChI is InChI=1S/C17H18N4/c1-12-8-9-15(10-13(12)2)18-11-16-17(20-21-19-16)14-6-4-3-5-7-14/h3-10,18H,11H2,1-2H3,(H,19,20,21). The second kappa shape index (κ2) is 5.79. The molecule has 0 atom stereocenters. The van der Waals surface area contributed by atoms with Gasteiger partial charge < -0.3 is 5.32 Å². The van der Waals surface area contributed by atoms with Crippen molar-refractivity contribution in [3.8, 4) is 11.3 Å². The molecule has 3 rings (SSSR count). The van der Waals surface area contributed by atoms with E-state index in [-0.39, 0.29) is 0 Å². The molecule has 0 unspecified atom stereocenters. The van der Waals surface area contributed by atoms with Crippen LogP contribution >= 0.6 is 0 Å². The Morgan fingerprint density at radius 3 is 2.52 bits per heavy atom. The maximum atomic E-state index is 4.25. The van der Waals surface area contributed by atoms with Gasteiger partial charge in [-0.3, -0.25) is 0 Å². The molecule has 0 bridgehead atoms. The molecule has 106 valence electrons. The third-order valence-electron chi connectivity index (χ3n) is 3.63. The van der Waals surface area contributed by atoms with Crippen molar-refractivity contribution in [3.05, 3.63) is 65.4 Å². The molecule has 0 aliphatic rings. The molecule has 0 saturated heterocycles. The van der Waals surface area contributed by atoms with Gasteiger partial charge in [0.2, 0.25) is 0 Å². The molecule has 4 heteroatoms. The minimum atomic E-state index is 0.642. The van der Waals surface area contributed by atoms with E-state index in [9.17, 15) is 0 Å². The Morgan fingerprint density at radius 1 is 0.952 bits per heavy atom. The molecule has 0 amide bonds. The zero-order valence-corrected chi connectivity index (χ0v) is 12.2. The molecule has 0 spiro atoms. The number of rotatable bonds is 4. The lowest BCUT2D eigenvalue weighted by atomic mass is 10.1. The van der Waals surface area contributed by atoms with Gasteiger partial charge in [-0.05, 0) is 37.1 Å². The Hall–Kier alpha value is -2.62. The van der Waals surface area contributed by atoms with Crippen LogP contribution in [0.25, 0.3) is 11.3 Å². The first-order chi connectivity index (χ1) is 10.2. The first kappa shape index (κ1) is 13.4. The first-order valence-corrected chi connectivity index (χ1v) is 7.00. The second-order valence-electron chi connectivity index (χ2n) is 5.14. The number of anilines is 1. The van der Waals surface area contributed by atoms with Crippen LogP contribution in [-0.2, 0) is 6.54 Å². The highest BCUT2D eigenvalue weighted by molar-refractivity contribution is 5.61. The predicted octanol–water partition coefficient (Wildman–Crippen LogP) is 3.70. The number of aryl methyl sites for hydroxylation is 2. The van der Waals surface area contributed by atoms with Gasteiger partial charge in [0.1, 0.15) is 11.4 Å². The molecular weight excluding hydrogens is 260 g/mol. The van der Waals surface area contributed by atoms with Gasteiger partial charge in [-0.1, -0.05) is 36.4 Å². The highest BCUT2D eigenvalue weighted by Crippen LogP contribution is 2.20. The SMILES string of the molecule is Cc1ccc(NCc2n[nH]nc2-c2ccccc2)cc1C. The minimum absolute atomic E-state index is 0.642. The summed E-state index contributed by atoms with van der Waals surface area (Å²) >= 11 is 0. The summed E-state index contributed by atoms with van der Waals surface area (Å²) in [5.41, 5.74) is 6.56. The molecule has 1 aromatic heterocycles. The van der Waals surface area contributed by atoms with Crippen LogP contribution in [0.3, 0.4) is 0 Å². The molecule has 2 N–H and O–H groups in total. The lowest BCUT2D eigenvalue weighted by molar-refractivity contribution is 0.911. The number of nitrogens with one attached hydrogen (secondary N) is 2. The van der Waals surface area contributed by atoms with E-state index >= 15 is 0 Å². The summed E-state index contributed by atoms with van der Waals surface area (Å²) in [6, 6.07) is 16.4. The number of aromatic amines is 1. The van der Waals surface area contributed by atoms with Crippen LogP contribution in [0.1, 0.15) is 16.8 Å². The molecular formula is C17H18N4. The number of H-pyrrole nitrogens is 1. The fraction of sp³-hybridized carbons (Fsp3) is 0.176. The van der Waals surface area contributed by atoms with Crippen molar-refractivity contribution in [2.75, 3.05) is 5.32 Å². The van der Waals surface area contributed by atoms with Crippen LogP contribution in [-0.4, -0.2) is 15.4 Å². The summed E-state index contributed by atoms with van der Waals surface area (Å²) in [4.78, 5) is 0. The topological polar surface area (TPSA) is 53.6 Å². The van der Waals surface area contributed by atoms with Gasteiger partial charge in [0.15, 0.2) is 0 Å². The summed E-state index contributed by atoms with van der Waals surface area (Å²) in [5.74, 6) is 0. The largest absolute Gasteiger partial charge is 0.379 e. The zero-order valence-electron chi connectivity index (χ0n) is 12.2.